The maximum Gasteiger partial charge on any atom is 0.222 e. The summed E-state index contributed by atoms with van der Waals surface area (Å²) < 4.78 is 0. The molecule has 4 heteroatoms. The zero-order valence-electron chi connectivity index (χ0n) is 8.41. The van der Waals surface area contributed by atoms with E-state index in [9.17, 15) is 4.79 Å². The number of carbonyl (C=O) groups excluding carboxylic acids is 1. The number of amides is 1. The van der Waals surface area contributed by atoms with Crippen molar-refractivity contribution in [3.63, 3.8) is 0 Å². The molecular formula is C10H18BrNO2. The van der Waals surface area contributed by atoms with E-state index in [2.05, 4.69) is 15.9 Å². The maximum atomic E-state index is 11.6. The number of nitrogens with zero attached hydrogens (tertiary/aromatic N) is 1. The predicted molar refractivity (Wildman–Crippen MR) is 59.4 cm³/mol. The van der Waals surface area contributed by atoms with Crippen molar-refractivity contribution >= 4 is 21.8 Å². The van der Waals surface area contributed by atoms with Crippen LogP contribution >= 0.6 is 15.9 Å². The van der Waals surface area contributed by atoms with Crippen LogP contribution in [0, 0.1) is 5.92 Å². The maximum absolute atomic E-state index is 11.6. The molecule has 14 heavy (non-hydrogen) atoms. The van der Waals surface area contributed by atoms with Crippen LogP contribution in [0.25, 0.3) is 0 Å². The molecule has 1 N–H and O–H groups in total. The fourth-order valence-corrected chi connectivity index (χ4v) is 2.13. The highest BCUT2D eigenvalue weighted by Gasteiger charge is 2.24. The fraction of sp³-hybridized carbons (Fsp3) is 0.900. The summed E-state index contributed by atoms with van der Waals surface area (Å²) in [6, 6.07) is 0. The second-order valence-corrected chi connectivity index (χ2v) is 4.62. The number of aliphatic hydroxyl groups is 1. The minimum Gasteiger partial charge on any atom is -0.396 e. The van der Waals surface area contributed by atoms with Crippen LogP contribution in [-0.4, -0.2) is 40.9 Å². The van der Waals surface area contributed by atoms with Gasteiger partial charge < -0.3 is 10.0 Å². The van der Waals surface area contributed by atoms with Crippen LogP contribution in [0.1, 0.15) is 25.7 Å². The molecule has 1 aliphatic rings. The lowest BCUT2D eigenvalue weighted by Gasteiger charge is -2.15. The van der Waals surface area contributed by atoms with Crippen molar-refractivity contribution in [1.82, 2.24) is 4.90 Å². The second-order valence-electron chi connectivity index (χ2n) is 3.82. The standard InChI is InChI=1S/C10H18BrNO2/c11-5-2-1-3-10(14)12-6-4-9(7-12)8-13/h9,13H,1-8H2. The molecule has 0 saturated carbocycles. The van der Waals surface area contributed by atoms with Crippen LogP contribution in [-0.2, 0) is 4.79 Å². The van der Waals surface area contributed by atoms with Gasteiger partial charge in [-0.25, -0.2) is 0 Å². The van der Waals surface area contributed by atoms with Gasteiger partial charge in [0, 0.05) is 37.4 Å². The molecule has 0 spiro atoms. The molecule has 0 bridgehead atoms. The van der Waals surface area contributed by atoms with E-state index in [0.29, 0.717) is 12.3 Å². The third-order valence-corrected chi connectivity index (χ3v) is 3.23. The lowest BCUT2D eigenvalue weighted by atomic mass is 10.1. The molecule has 0 aliphatic carbocycles. The Kier molecular flexibility index (Phi) is 5.48. The van der Waals surface area contributed by atoms with Crippen molar-refractivity contribution in [3.05, 3.63) is 0 Å². The van der Waals surface area contributed by atoms with Gasteiger partial charge in [-0.1, -0.05) is 15.9 Å². The molecule has 1 fully saturated rings. The molecule has 0 aromatic heterocycles. The van der Waals surface area contributed by atoms with Crippen molar-refractivity contribution in [1.29, 1.82) is 0 Å². The Balaban J connectivity index is 2.18. The Hall–Kier alpha value is -0.0900. The Morgan fingerprint density at radius 2 is 2.29 bits per heavy atom. The monoisotopic (exact) mass is 263 g/mol. The third kappa shape index (κ3) is 3.58. The topological polar surface area (TPSA) is 40.5 Å². The number of hydrogen-bond donors (Lipinski definition) is 1. The van der Waals surface area contributed by atoms with E-state index in [1.54, 1.807) is 0 Å². The summed E-state index contributed by atoms with van der Waals surface area (Å²) in [5, 5.41) is 9.91. The van der Waals surface area contributed by atoms with Gasteiger partial charge in [0.2, 0.25) is 5.91 Å². The molecule has 1 saturated heterocycles. The lowest BCUT2D eigenvalue weighted by Crippen LogP contribution is -2.28. The Labute approximate surface area is 93.6 Å². The van der Waals surface area contributed by atoms with Gasteiger partial charge >= 0.3 is 0 Å². The molecule has 1 aliphatic heterocycles. The molecule has 0 aromatic rings. The van der Waals surface area contributed by atoms with E-state index < -0.39 is 0 Å². The molecule has 0 aromatic carbocycles. The molecular weight excluding hydrogens is 246 g/mol. The van der Waals surface area contributed by atoms with E-state index >= 15 is 0 Å². The highest BCUT2D eigenvalue weighted by atomic mass is 79.9. The first-order chi connectivity index (χ1) is 6.77. The molecule has 1 unspecified atom stereocenters. The quantitative estimate of drug-likeness (QED) is 0.602. The molecule has 0 radical (unpaired) electrons. The molecule has 1 amide bonds. The lowest BCUT2D eigenvalue weighted by molar-refractivity contribution is -0.130. The number of likely N-dealkylation sites (tertiary alicyclic amines) is 1. The number of rotatable bonds is 5. The number of aliphatic hydroxyl groups excluding tert-OH is 1. The SMILES string of the molecule is O=C(CCCCBr)N1CCC(CO)C1. The Morgan fingerprint density at radius 1 is 1.50 bits per heavy atom. The van der Waals surface area contributed by atoms with Crippen molar-refractivity contribution < 1.29 is 9.90 Å². The van der Waals surface area contributed by atoms with Gasteiger partial charge in [0.05, 0.1) is 0 Å². The Morgan fingerprint density at radius 3 is 2.86 bits per heavy atom. The average Bonchev–Trinajstić information content (AvgIpc) is 2.66. The molecule has 1 heterocycles. The average molecular weight is 264 g/mol. The van der Waals surface area contributed by atoms with E-state index in [0.717, 1.165) is 37.7 Å². The Bertz CT molecular complexity index is 187. The van der Waals surface area contributed by atoms with Gasteiger partial charge in [-0.3, -0.25) is 4.79 Å². The van der Waals surface area contributed by atoms with Crippen molar-refractivity contribution in [2.24, 2.45) is 5.92 Å². The van der Waals surface area contributed by atoms with Crippen LogP contribution < -0.4 is 0 Å². The summed E-state index contributed by atoms with van der Waals surface area (Å²) in [5.74, 6) is 0.567. The number of alkyl halides is 1. The second kappa shape index (κ2) is 6.40. The zero-order valence-corrected chi connectivity index (χ0v) is 10.0. The van der Waals surface area contributed by atoms with Crippen LogP contribution in [0.3, 0.4) is 0 Å². The number of hydrogen-bond acceptors (Lipinski definition) is 2. The van der Waals surface area contributed by atoms with Gasteiger partial charge in [-0.15, -0.1) is 0 Å². The minimum atomic E-state index is 0.213. The number of carbonyl (C=O) groups is 1. The molecule has 3 nitrogen and oxygen atoms in total. The van der Waals surface area contributed by atoms with Crippen LogP contribution in [0.2, 0.25) is 0 Å². The molecule has 1 rings (SSSR count). The van der Waals surface area contributed by atoms with Gasteiger partial charge in [0.1, 0.15) is 0 Å². The first-order valence-corrected chi connectivity index (χ1v) is 6.34. The number of unbranched alkanes of at least 4 members (excludes halogenated alkanes) is 1. The minimum absolute atomic E-state index is 0.213. The zero-order chi connectivity index (χ0) is 10.4. The largest absolute Gasteiger partial charge is 0.396 e. The highest BCUT2D eigenvalue weighted by Crippen LogP contribution is 2.16. The van der Waals surface area contributed by atoms with Crippen LogP contribution in [0.5, 0.6) is 0 Å². The summed E-state index contributed by atoms with van der Waals surface area (Å²) in [4.78, 5) is 13.5. The van der Waals surface area contributed by atoms with Gasteiger partial charge in [0.15, 0.2) is 0 Å². The van der Waals surface area contributed by atoms with Crippen molar-refractivity contribution in [3.8, 4) is 0 Å². The summed E-state index contributed by atoms with van der Waals surface area (Å²) in [6.07, 6.45) is 3.64. The first kappa shape index (κ1) is 12.0. The van der Waals surface area contributed by atoms with E-state index in [-0.39, 0.29) is 12.5 Å². The molecule has 1 atom stereocenters. The third-order valence-electron chi connectivity index (χ3n) is 2.67. The summed E-state index contributed by atoms with van der Waals surface area (Å²) in [6.45, 7) is 1.80. The van der Waals surface area contributed by atoms with Gasteiger partial charge in [-0.05, 0) is 19.3 Å². The van der Waals surface area contributed by atoms with E-state index in [1.165, 1.54) is 0 Å². The first-order valence-electron chi connectivity index (χ1n) is 5.22. The fourth-order valence-electron chi connectivity index (χ4n) is 1.74. The van der Waals surface area contributed by atoms with Crippen molar-refractivity contribution in [2.45, 2.75) is 25.7 Å². The summed E-state index contributed by atoms with van der Waals surface area (Å²) in [7, 11) is 0. The van der Waals surface area contributed by atoms with Crippen LogP contribution in [0.4, 0.5) is 0 Å². The normalized spacial score (nSPS) is 21.6. The van der Waals surface area contributed by atoms with E-state index in [4.69, 9.17) is 5.11 Å². The summed E-state index contributed by atoms with van der Waals surface area (Å²) in [5.41, 5.74) is 0. The van der Waals surface area contributed by atoms with Crippen molar-refractivity contribution in [2.75, 3.05) is 25.0 Å². The van der Waals surface area contributed by atoms with E-state index in [1.807, 2.05) is 4.90 Å². The summed E-state index contributed by atoms with van der Waals surface area (Å²) >= 11 is 3.35. The van der Waals surface area contributed by atoms with Crippen LogP contribution in [0.15, 0.2) is 0 Å². The highest BCUT2D eigenvalue weighted by molar-refractivity contribution is 9.09. The molecule has 82 valence electrons. The predicted octanol–water partition coefficient (Wildman–Crippen LogP) is 1.39. The number of halogens is 1. The smallest absolute Gasteiger partial charge is 0.222 e. The van der Waals surface area contributed by atoms with Gasteiger partial charge in [0.25, 0.3) is 0 Å². The van der Waals surface area contributed by atoms with Gasteiger partial charge in [-0.2, -0.15) is 0 Å².